The molecule has 6 heteroatoms. The summed E-state index contributed by atoms with van der Waals surface area (Å²) in [6.07, 6.45) is 3.61. The van der Waals surface area contributed by atoms with Crippen LogP contribution in [0.2, 0.25) is 5.02 Å². The maximum Gasteiger partial charge on any atom is 0.217 e. The maximum atomic E-state index is 13.7. The maximum absolute atomic E-state index is 13.7. The lowest BCUT2D eigenvalue weighted by atomic mass is 9.91. The minimum absolute atomic E-state index is 0.00915. The van der Waals surface area contributed by atoms with E-state index in [2.05, 4.69) is 10.6 Å². The van der Waals surface area contributed by atoms with Gasteiger partial charge < -0.3 is 10.6 Å². The third kappa shape index (κ3) is 4.64. The Kier molecular flexibility index (Phi) is 5.53. The van der Waals surface area contributed by atoms with E-state index in [4.69, 9.17) is 11.6 Å². The van der Waals surface area contributed by atoms with Crippen LogP contribution >= 0.6 is 11.6 Å². The Morgan fingerprint density at radius 2 is 1.81 bits per heavy atom. The Morgan fingerprint density at radius 1 is 1.19 bits per heavy atom. The highest BCUT2D eigenvalue weighted by atomic mass is 35.5. The summed E-state index contributed by atoms with van der Waals surface area (Å²) in [5.41, 5.74) is 0.279. The van der Waals surface area contributed by atoms with Crippen molar-refractivity contribution in [2.75, 3.05) is 0 Å². The van der Waals surface area contributed by atoms with Crippen molar-refractivity contribution in [2.45, 2.75) is 51.2 Å². The van der Waals surface area contributed by atoms with E-state index in [0.717, 1.165) is 37.8 Å². The second-order valence-corrected chi connectivity index (χ2v) is 5.89. The van der Waals surface area contributed by atoms with Gasteiger partial charge in [-0.25, -0.2) is 8.78 Å². The zero-order valence-corrected chi connectivity index (χ0v) is 12.6. The van der Waals surface area contributed by atoms with E-state index in [1.54, 1.807) is 0 Å². The molecule has 1 fully saturated rings. The van der Waals surface area contributed by atoms with Gasteiger partial charge in [0.25, 0.3) is 0 Å². The van der Waals surface area contributed by atoms with Crippen molar-refractivity contribution in [3.63, 3.8) is 0 Å². The van der Waals surface area contributed by atoms with Crippen molar-refractivity contribution in [3.05, 3.63) is 34.4 Å². The molecule has 0 aromatic heterocycles. The molecule has 21 heavy (non-hydrogen) atoms. The minimum atomic E-state index is -0.607. The first-order chi connectivity index (χ1) is 9.95. The zero-order valence-electron chi connectivity index (χ0n) is 11.9. The largest absolute Gasteiger partial charge is 0.354 e. The molecule has 2 rings (SSSR count). The van der Waals surface area contributed by atoms with Gasteiger partial charge in [0, 0.05) is 31.1 Å². The van der Waals surface area contributed by atoms with E-state index in [1.807, 2.05) is 0 Å². The number of nitrogens with one attached hydrogen (secondary N) is 2. The average molecular weight is 317 g/mol. The number of carbonyl (C=O) groups is 1. The Balaban J connectivity index is 1.82. The molecule has 1 aliphatic rings. The molecule has 1 aliphatic carbocycles. The van der Waals surface area contributed by atoms with Gasteiger partial charge >= 0.3 is 0 Å². The first-order valence-corrected chi connectivity index (χ1v) is 7.47. The molecule has 0 unspecified atom stereocenters. The van der Waals surface area contributed by atoms with Crippen LogP contribution in [-0.4, -0.2) is 18.0 Å². The SMILES string of the molecule is CC(=O)NC1CCC(NCc2cc(F)c(Cl)cc2F)CC1. The molecule has 0 spiro atoms. The van der Waals surface area contributed by atoms with Crippen molar-refractivity contribution in [1.29, 1.82) is 0 Å². The van der Waals surface area contributed by atoms with Gasteiger partial charge in [-0.15, -0.1) is 0 Å². The second kappa shape index (κ2) is 7.18. The van der Waals surface area contributed by atoms with Crippen molar-refractivity contribution in [1.82, 2.24) is 10.6 Å². The van der Waals surface area contributed by atoms with Gasteiger partial charge in [-0.3, -0.25) is 4.79 Å². The summed E-state index contributed by atoms with van der Waals surface area (Å²) in [6.45, 7) is 1.79. The van der Waals surface area contributed by atoms with Gasteiger partial charge in [-0.2, -0.15) is 0 Å². The predicted molar refractivity (Wildman–Crippen MR) is 78.1 cm³/mol. The van der Waals surface area contributed by atoms with Crippen molar-refractivity contribution < 1.29 is 13.6 Å². The number of rotatable bonds is 4. The molecule has 1 aromatic carbocycles. The summed E-state index contributed by atoms with van der Waals surface area (Å²) >= 11 is 5.52. The molecule has 0 radical (unpaired) electrons. The van der Waals surface area contributed by atoms with Crippen LogP contribution in [0.15, 0.2) is 12.1 Å². The number of hydrogen-bond donors (Lipinski definition) is 2. The Hall–Kier alpha value is -1.20. The first kappa shape index (κ1) is 16.2. The van der Waals surface area contributed by atoms with Crippen LogP contribution in [0.3, 0.4) is 0 Å². The molecule has 0 atom stereocenters. The number of benzene rings is 1. The summed E-state index contributed by atoms with van der Waals surface area (Å²) in [7, 11) is 0. The lowest BCUT2D eigenvalue weighted by molar-refractivity contribution is -0.119. The van der Waals surface area contributed by atoms with E-state index in [9.17, 15) is 13.6 Å². The van der Waals surface area contributed by atoms with Crippen molar-refractivity contribution in [3.8, 4) is 0 Å². The van der Waals surface area contributed by atoms with Gasteiger partial charge in [0.15, 0.2) is 0 Å². The molecule has 0 saturated heterocycles. The fraction of sp³-hybridized carbons (Fsp3) is 0.533. The lowest BCUT2D eigenvalue weighted by Gasteiger charge is -2.29. The highest BCUT2D eigenvalue weighted by Gasteiger charge is 2.21. The summed E-state index contributed by atoms with van der Waals surface area (Å²) < 4.78 is 27.0. The summed E-state index contributed by atoms with van der Waals surface area (Å²) in [5, 5.41) is 5.94. The number of carbonyl (C=O) groups excluding carboxylic acids is 1. The molecular weight excluding hydrogens is 298 g/mol. The molecule has 1 aromatic rings. The molecule has 1 amide bonds. The van der Waals surface area contributed by atoms with E-state index >= 15 is 0 Å². The van der Waals surface area contributed by atoms with Gasteiger partial charge in [0.2, 0.25) is 5.91 Å². The fourth-order valence-corrected chi connectivity index (χ4v) is 2.83. The van der Waals surface area contributed by atoms with Crippen LogP contribution in [0, 0.1) is 11.6 Å². The van der Waals surface area contributed by atoms with Crippen LogP contribution in [0.5, 0.6) is 0 Å². The van der Waals surface area contributed by atoms with Crippen LogP contribution in [0.25, 0.3) is 0 Å². The third-order valence-electron chi connectivity index (χ3n) is 3.81. The highest BCUT2D eigenvalue weighted by molar-refractivity contribution is 6.30. The Labute approximate surface area is 128 Å². The molecule has 0 heterocycles. The van der Waals surface area contributed by atoms with E-state index < -0.39 is 11.6 Å². The van der Waals surface area contributed by atoms with Crippen LogP contribution in [0.4, 0.5) is 8.78 Å². The quantitative estimate of drug-likeness (QED) is 0.838. The number of hydrogen-bond acceptors (Lipinski definition) is 2. The highest BCUT2D eigenvalue weighted by Crippen LogP contribution is 2.21. The molecule has 116 valence electrons. The van der Waals surface area contributed by atoms with E-state index in [0.29, 0.717) is 0 Å². The summed E-state index contributed by atoms with van der Waals surface area (Å²) in [4.78, 5) is 11.0. The summed E-state index contributed by atoms with van der Waals surface area (Å²) in [5.74, 6) is -1.12. The van der Waals surface area contributed by atoms with Crippen LogP contribution < -0.4 is 10.6 Å². The lowest BCUT2D eigenvalue weighted by Crippen LogP contribution is -2.41. The van der Waals surface area contributed by atoms with Crippen molar-refractivity contribution >= 4 is 17.5 Å². The van der Waals surface area contributed by atoms with E-state index in [1.165, 1.54) is 6.92 Å². The van der Waals surface area contributed by atoms with Gasteiger partial charge in [0.05, 0.1) is 5.02 Å². The minimum Gasteiger partial charge on any atom is -0.354 e. The Morgan fingerprint density at radius 3 is 2.43 bits per heavy atom. The van der Waals surface area contributed by atoms with E-state index in [-0.39, 0.29) is 35.1 Å². The monoisotopic (exact) mass is 316 g/mol. The molecule has 1 saturated carbocycles. The summed E-state index contributed by atoms with van der Waals surface area (Å²) in [6, 6.07) is 2.62. The van der Waals surface area contributed by atoms with Crippen LogP contribution in [0.1, 0.15) is 38.2 Å². The Bertz CT molecular complexity index is 517. The molecule has 0 aliphatic heterocycles. The molecule has 3 nitrogen and oxygen atoms in total. The van der Waals surface area contributed by atoms with Gasteiger partial charge in [-0.05, 0) is 37.8 Å². The normalized spacial score (nSPS) is 22.1. The third-order valence-corrected chi connectivity index (χ3v) is 4.09. The van der Waals surface area contributed by atoms with Gasteiger partial charge in [0.1, 0.15) is 11.6 Å². The number of amides is 1. The van der Waals surface area contributed by atoms with Gasteiger partial charge in [-0.1, -0.05) is 11.6 Å². The van der Waals surface area contributed by atoms with Crippen LogP contribution in [-0.2, 0) is 11.3 Å². The molecule has 2 N–H and O–H groups in total. The number of halogens is 3. The zero-order chi connectivity index (χ0) is 15.4. The molecular formula is C15H19ClF2N2O. The second-order valence-electron chi connectivity index (χ2n) is 5.49. The molecule has 0 bridgehead atoms. The fourth-order valence-electron chi connectivity index (χ4n) is 2.68. The van der Waals surface area contributed by atoms with Crippen molar-refractivity contribution in [2.24, 2.45) is 0 Å². The average Bonchev–Trinajstić information content (AvgIpc) is 2.42. The predicted octanol–water partition coefficient (Wildman–Crippen LogP) is 3.16. The topological polar surface area (TPSA) is 41.1 Å². The smallest absolute Gasteiger partial charge is 0.217 e. The first-order valence-electron chi connectivity index (χ1n) is 7.09. The standard InChI is InChI=1S/C15H19ClF2N2O/c1-9(21)20-12-4-2-11(3-5-12)19-8-10-6-15(18)13(16)7-14(10)17/h6-7,11-12,19H,2-5,8H2,1H3,(H,20,21).